The average molecular weight is 169 g/mol. The second-order valence-corrected chi connectivity index (χ2v) is 3.41. The molecule has 0 saturated heterocycles. The van der Waals surface area contributed by atoms with Gasteiger partial charge in [0.15, 0.2) is 0 Å². The molecule has 0 atom stereocenters. The lowest BCUT2D eigenvalue weighted by Gasteiger charge is -1.65. The summed E-state index contributed by atoms with van der Waals surface area (Å²) in [5, 5.41) is 6.50. The van der Waals surface area contributed by atoms with E-state index in [0.29, 0.717) is 5.71 Å². The van der Waals surface area contributed by atoms with E-state index < -0.39 is 0 Å². The number of hydrogen-bond donors (Lipinski definition) is 1. The molecule has 1 N–H and O–H groups in total. The second-order valence-electron chi connectivity index (χ2n) is 3.41. The van der Waals surface area contributed by atoms with Gasteiger partial charge < -0.3 is 5.41 Å². The van der Waals surface area contributed by atoms with Gasteiger partial charge in [-0.1, -0.05) is 11.1 Å². The van der Waals surface area contributed by atoms with Crippen molar-refractivity contribution in [2.45, 2.75) is 41.5 Å². The summed E-state index contributed by atoms with van der Waals surface area (Å²) in [5.41, 5.74) is 3.00. The van der Waals surface area contributed by atoms with Crippen LogP contribution in [0.3, 0.4) is 0 Å². The zero-order valence-electron chi connectivity index (χ0n) is 9.41. The minimum absolute atomic E-state index is 0.667. The van der Waals surface area contributed by atoms with E-state index in [1.54, 1.807) is 13.8 Å². The van der Waals surface area contributed by atoms with Crippen molar-refractivity contribution in [2.75, 3.05) is 0 Å². The van der Waals surface area contributed by atoms with Gasteiger partial charge in [-0.2, -0.15) is 0 Å². The molecule has 0 aliphatic carbocycles. The first-order valence-corrected chi connectivity index (χ1v) is 3.96. The third-order valence-electron chi connectivity index (χ3n) is 0. The van der Waals surface area contributed by atoms with Gasteiger partial charge >= 0.3 is 0 Å². The summed E-state index contributed by atoms with van der Waals surface area (Å²) in [6, 6.07) is 0. The maximum Gasteiger partial charge on any atom is 0.00272 e. The summed E-state index contributed by atoms with van der Waals surface area (Å²) in [6.45, 7) is 18.5. The zero-order valence-corrected chi connectivity index (χ0v) is 9.41. The summed E-state index contributed by atoms with van der Waals surface area (Å²) < 4.78 is 0. The highest BCUT2D eigenvalue weighted by atomic mass is 14.3. The van der Waals surface area contributed by atoms with Crippen LogP contribution in [0.25, 0.3) is 0 Å². The van der Waals surface area contributed by atoms with E-state index in [-0.39, 0.29) is 0 Å². The van der Waals surface area contributed by atoms with Crippen molar-refractivity contribution in [3.63, 3.8) is 0 Å². The van der Waals surface area contributed by atoms with Crippen LogP contribution in [0, 0.1) is 5.41 Å². The molecule has 0 aliphatic rings. The van der Waals surface area contributed by atoms with Crippen molar-refractivity contribution >= 4 is 5.71 Å². The van der Waals surface area contributed by atoms with Crippen molar-refractivity contribution in [1.29, 1.82) is 5.41 Å². The van der Waals surface area contributed by atoms with Crippen LogP contribution in [-0.2, 0) is 0 Å². The maximum atomic E-state index is 6.50. The fourth-order valence-electron chi connectivity index (χ4n) is 0. The van der Waals surface area contributed by atoms with Crippen LogP contribution < -0.4 is 0 Å². The quantitative estimate of drug-likeness (QED) is 0.415. The van der Waals surface area contributed by atoms with E-state index in [2.05, 4.69) is 13.2 Å². The van der Waals surface area contributed by atoms with E-state index >= 15 is 0 Å². The summed E-state index contributed by atoms with van der Waals surface area (Å²) in [6.07, 6.45) is 0. The van der Waals surface area contributed by atoms with Crippen LogP contribution in [0.15, 0.2) is 24.3 Å². The molecule has 0 aromatic heterocycles. The fourth-order valence-corrected chi connectivity index (χ4v) is 0. The van der Waals surface area contributed by atoms with E-state index in [9.17, 15) is 0 Å². The molecule has 12 heavy (non-hydrogen) atoms. The molecule has 0 rings (SSSR count). The lowest BCUT2D eigenvalue weighted by molar-refractivity contribution is 1.42. The summed E-state index contributed by atoms with van der Waals surface area (Å²) in [5.74, 6) is 0. The van der Waals surface area contributed by atoms with Gasteiger partial charge in [-0.3, -0.25) is 0 Å². The molecule has 1 heteroatoms. The molecule has 0 radical (unpaired) electrons. The molecule has 1 nitrogen and oxygen atoms in total. The molecule has 0 aromatic carbocycles. The van der Waals surface area contributed by atoms with Crippen molar-refractivity contribution in [2.24, 2.45) is 0 Å². The van der Waals surface area contributed by atoms with Gasteiger partial charge in [0.1, 0.15) is 0 Å². The van der Waals surface area contributed by atoms with E-state index in [0.717, 1.165) is 0 Å². The van der Waals surface area contributed by atoms with Gasteiger partial charge in [0.2, 0.25) is 0 Å². The highest BCUT2D eigenvalue weighted by Crippen LogP contribution is 1.74. The third kappa shape index (κ3) is 841. The van der Waals surface area contributed by atoms with Crippen LogP contribution in [0.1, 0.15) is 41.5 Å². The van der Waals surface area contributed by atoms with Crippen LogP contribution in [0.2, 0.25) is 0 Å². The van der Waals surface area contributed by atoms with Crippen LogP contribution in [-0.4, -0.2) is 5.71 Å². The molecule has 0 amide bonds. The van der Waals surface area contributed by atoms with Gasteiger partial charge in [0, 0.05) is 5.71 Å². The minimum atomic E-state index is 0.667. The predicted molar refractivity (Wildman–Crippen MR) is 60.1 cm³/mol. The van der Waals surface area contributed by atoms with Gasteiger partial charge in [-0.05, 0) is 41.5 Å². The van der Waals surface area contributed by atoms with Crippen molar-refractivity contribution < 1.29 is 0 Å². The molecule has 0 spiro atoms. The number of rotatable bonds is 0. The first-order chi connectivity index (χ1) is 5.20. The van der Waals surface area contributed by atoms with E-state index in [1.807, 2.05) is 27.7 Å². The highest BCUT2D eigenvalue weighted by Gasteiger charge is 1.55. The minimum Gasteiger partial charge on any atom is -0.310 e. The molecular formula is C11H23N. The Morgan fingerprint density at radius 3 is 0.750 bits per heavy atom. The largest absolute Gasteiger partial charge is 0.310 e. The lowest BCUT2D eigenvalue weighted by atomic mass is 10.4. The first-order valence-electron chi connectivity index (χ1n) is 3.96. The smallest absolute Gasteiger partial charge is 0.00272 e. The number of allylic oxidation sites excluding steroid dienone is 2. The first kappa shape index (κ1) is 17.3. The topological polar surface area (TPSA) is 23.9 Å². The van der Waals surface area contributed by atoms with E-state index in [1.165, 1.54) is 11.1 Å². The molecule has 0 aromatic rings. The summed E-state index contributed by atoms with van der Waals surface area (Å²) >= 11 is 0. The molecule has 0 fully saturated rings. The Hall–Kier alpha value is -0.850. The van der Waals surface area contributed by atoms with Gasteiger partial charge in [-0.15, -0.1) is 13.2 Å². The molecule has 0 bridgehead atoms. The maximum absolute atomic E-state index is 6.50. The zero-order chi connectivity index (χ0) is 10.7. The monoisotopic (exact) mass is 169 g/mol. The Balaban J connectivity index is -0.000000101. The molecule has 0 unspecified atom stereocenters. The molecule has 0 saturated carbocycles. The third-order valence-corrected chi connectivity index (χ3v) is 0. The Morgan fingerprint density at radius 2 is 0.750 bits per heavy atom. The lowest BCUT2D eigenvalue weighted by Crippen LogP contribution is -1.67. The molecule has 0 heterocycles. The van der Waals surface area contributed by atoms with Crippen LogP contribution >= 0.6 is 0 Å². The van der Waals surface area contributed by atoms with Crippen LogP contribution in [0.4, 0.5) is 0 Å². The Morgan fingerprint density at radius 1 is 0.750 bits per heavy atom. The van der Waals surface area contributed by atoms with Crippen molar-refractivity contribution in [3.8, 4) is 0 Å². The fraction of sp³-hybridized carbons (Fsp3) is 0.545. The normalized spacial score (nSPS) is 6.50. The molecule has 0 aliphatic heterocycles. The van der Waals surface area contributed by atoms with Crippen LogP contribution in [0.5, 0.6) is 0 Å². The number of nitrogens with one attached hydrogen (secondary N) is 1. The Bertz CT molecular complexity index is 103. The summed E-state index contributed by atoms with van der Waals surface area (Å²) in [7, 11) is 0. The molecule has 72 valence electrons. The van der Waals surface area contributed by atoms with Crippen molar-refractivity contribution in [1.82, 2.24) is 0 Å². The average Bonchev–Trinajstić information content (AvgIpc) is 1.54. The molecular weight excluding hydrogens is 146 g/mol. The Kier molecular flexibility index (Phi) is 18.4. The second kappa shape index (κ2) is 12.8. The Labute approximate surface area is 77.7 Å². The van der Waals surface area contributed by atoms with Crippen molar-refractivity contribution in [3.05, 3.63) is 24.3 Å². The SMILES string of the molecule is C=C(C)C.C=C(C)C.CC(C)=N. The number of hydrogen-bond acceptors (Lipinski definition) is 1. The highest BCUT2D eigenvalue weighted by molar-refractivity contribution is 5.75. The predicted octanol–water partition coefficient (Wildman–Crippen LogP) is 4.21. The van der Waals surface area contributed by atoms with Gasteiger partial charge in [0.05, 0.1) is 0 Å². The van der Waals surface area contributed by atoms with Gasteiger partial charge in [-0.25, -0.2) is 0 Å². The van der Waals surface area contributed by atoms with Gasteiger partial charge in [0.25, 0.3) is 0 Å². The van der Waals surface area contributed by atoms with E-state index in [4.69, 9.17) is 5.41 Å². The standard InChI is InChI=1S/2C4H8.C3H7N/c2*1-4(2)3;1-3(2)4/h2*1H2,2-3H3;4H,1-2H3. The summed E-state index contributed by atoms with van der Waals surface area (Å²) in [4.78, 5) is 0.